The van der Waals surface area contributed by atoms with E-state index in [4.69, 9.17) is 9.72 Å². The number of imidazole rings is 1. The number of piperidine rings is 1. The van der Waals surface area contributed by atoms with Crippen LogP contribution in [0.25, 0.3) is 11.0 Å². The molecule has 0 N–H and O–H groups in total. The van der Waals surface area contributed by atoms with Crippen molar-refractivity contribution in [3.05, 3.63) is 65.0 Å². The number of para-hydroxylation sites is 2. The van der Waals surface area contributed by atoms with E-state index < -0.39 is 35.6 Å². The van der Waals surface area contributed by atoms with Crippen molar-refractivity contribution in [2.24, 2.45) is 24.8 Å². The summed E-state index contributed by atoms with van der Waals surface area (Å²) in [4.78, 5) is 7.00. The highest BCUT2D eigenvalue weighted by Gasteiger charge is 2.55. The van der Waals surface area contributed by atoms with Crippen LogP contribution in [0.5, 0.6) is 0 Å². The molecule has 1 aliphatic carbocycles. The Bertz CT molecular complexity index is 1190. The molecule has 0 bridgehead atoms. The molecule has 4 nitrogen and oxygen atoms in total. The largest absolute Gasteiger partial charge is 0.416 e. The Morgan fingerprint density at radius 3 is 2.32 bits per heavy atom. The van der Waals surface area contributed by atoms with Gasteiger partial charge in [-0.15, -0.1) is 0 Å². The third-order valence-corrected chi connectivity index (χ3v) is 7.00. The first-order chi connectivity index (χ1) is 16.0. The normalized spacial score (nSPS) is 23.0. The van der Waals surface area contributed by atoms with Crippen LogP contribution in [-0.4, -0.2) is 34.1 Å². The van der Waals surface area contributed by atoms with Crippen LogP contribution in [0.4, 0.5) is 26.3 Å². The van der Waals surface area contributed by atoms with Crippen LogP contribution < -0.4 is 0 Å². The predicted octanol–water partition coefficient (Wildman–Crippen LogP) is 5.51. The van der Waals surface area contributed by atoms with E-state index in [9.17, 15) is 26.3 Å². The van der Waals surface area contributed by atoms with Gasteiger partial charge in [-0.3, -0.25) is 4.90 Å². The van der Waals surface area contributed by atoms with Crippen LogP contribution in [-0.2, 0) is 37.3 Å². The summed E-state index contributed by atoms with van der Waals surface area (Å²) in [5.41, 5.74) is -0.675. The molecule has 1 saturated heterocycles. The summed E-state index contributed by atoms with van der Waals surface area (Å²) in [5.74, 6) is 1.97. The van der Waals surface area contributed by atoms with Crippen molar-refractivity contribution in [2.45, 2.75) is 25.5 Å². The molecule has 3 atom stereocenters. The maximum absolute atomic E-state index is 13.2. The summed E-state index contributed by atoms with van der Waals surface area (Å²) in [6, 6.07) is 9.39. The maximum Gasteiger partial charge on any atom is 0.416 e. The number of aryl methyl sites for hydroxylation is 1. The van der Waals surface area contributed by atoms with E-state index in [1.807, 2.05) is 31.3 Å². The number of nitrogens with zero attached hydrogens (tertiary/aromatic N) is 3. The monoisotopic (exact) mass is 483 g/mol. The molecule has 3 aromatic rings. The summed E-state index contributed by atoms with van der Waals surface area (Å²) < 4.78 is 86.1. The lowest BCUT2D eigenvalue weighted by Gasteiger charge is -2.19. The van der Waals surface area contributed by atoms with Crippen molar-refractivity contribution in [3.63, 3.8) is 0 Å². The van der Waals surface area contributed by atoms with Gasteiger partial charge >= 0.3 is 12.4 Å². The van der Waals surface area contributed by atoms with E-state index in [2.05, 4.69) is 9.47 Å². The molecule has 2 aromatic carbocycles. The van der Waals surface area contributed by atoms with Crippen molar-refractivity contribution in [2.75, 3.05) is 19.7 Å². The number of hydrogen-bond acceptors (Lipinski definition) is 3. The zero-order chi connectivity index (χ0) is 24.3. The Balaban J connectivity index is 1.16. The second kappa shape index (κ2) is 8.27. The molecule has 2 aliphatic rings. The molecule has 1 aromatic heterocycles. The zero-order valence-electron chi connectivity index (χ0n) is 18.3. The van der Waals surface area contributed by atoms with Gasteiger partial charge in [0.15, 0.2) is 0 Å². The van der Waals surface area contributed by atoms with E-state index in [1.54, 1.807) is 0 Å². The van der Waals surface area contributed by atoms with E-state index >= 15 is 0 Å². The van der Waals surface area contributed by atoms with Gasteiger partial charge in [-0.05, 0) is 53.6 Å². The highest BCUT2D eigenvalue weighted by atomic mass is 19.4. The molecule has 5 rings (SSSR count). The zero-order valence-corrected chi connectivity index (χ0v) is 18.3. The number of ether oxygens (including phenoxy) is 1. The Kier molecular flexibility index (Phi) is 5.63. The number of likely N-dealkylation sites (tertiary alicyclic amines) is 1. The topological polar surface area (TPSA) is 30.3 Å². The number of hydrogen-bond donors (Lipinski definition) is 0. The van der Waals surface area contributed by atoms with Crippen LogP contribution in [0.15, 0.2) is 42.5 Å². The number of rotatable bonds is 6. The third kappa shape index (κ3) is 4.40. The number of alkyl halides is 6. The summed E-state index contributed by atoms with van der Waals surface area (Å²) in [6.07, 6.45) is -9.45. The third-order valence-electron chi connectivity index (χ3n) is 7.00. The first-order valence-electron chi connectivity index (χ1n) is 11.0. The fourth-order valence-corrected chi connectivity index (χ4v) is 5.12. The molecule has 1 aliphatic heterocycles. The number of fused-ring (bicyclic) bond motifs is 2. The summed E-state index contributed by atoms with van der Waals surface area (Å²) in [7, 11) is 1.99. The first-order valence-corrected chi connectivity index (χ1v) is 11.0. The van der Waals surface area contributed by atoms with Crippen molar-refractivity contribution < 1.29 is 31.1 Å². The average molecular weight is 483 g/mol. The van der Waals surface area contributed by atoms with Crippen molar-refractivity contribution in [3.8, 4) is 0 Å². The minimum absolute atomic E-state index is 0.219. The van der Waals surface area contributed by atoms with E-state index in [1.165, 1.54) is 0 Å². The molecule has 0 radical (unpaired) electrons. The molecule has 0 amide bonds. The fraction of sp³-hybridized carbons (Fsp3) is 0.458. The number of halogens is 6. The minimum atomic E-state index is -4.74. The highest BCUT2D eigenvalue weighted by molar-refractivity contribution is 5.75. The molecule has 34 heavy (non-hydrogen) atoms. The van der Waals surface area contributed by atoms with Crippen LogP contribution >= 0.6 is 0 Å². The molecular weight excluding hydrogens is 460 g/mol. The molecule has 182 valence electrons. The van der Waals surface area contributed by atoms with Gasteiger partial charge in [-0.2, -0.15) is 26.3 Å². The van der Waals surface area contributed by atoms with Crippen LogP contribution in [0.2, 0.25) is 0 Å². The van der Waals surface area contributed by atoms with Crippen molar-refractivity contribution >= 4 is 11.0 Å². The summed E-state index contributed by atoms with van der Waals surface area (Å²) in [6.45, 7) is 2.14. The van der Waals surface area contributed by atoms with Crippen molar-refractivity contribution in [1.82, 2.24) is 14.5 Å². The molecule has 1 unspecified atom stereocenters. The molecule has 1 saturated carbocycles. The average Bonchev–Trinajstić information content (AvgIpc) is 3.08. The van der Waals surface area contributed by atoms with E-state index in [0.717, 1.165) is 29.9 Å². The van der Waals surface area contributed by atoms with Gasteiger partial charge < -0.3 is 9.30 Å². The molecule has 0 spiro atoms. The van der Waals surface area contributed by atoms with Crippen molar-refractivity contribution in [1.29, 1.82) is 0 Å². The van der Waals surface area contributed by atoms with Crippen LogP contribution in [0.3, 0.4) is 0 Å². The molecule has 10 heteroatoms. The lowest BCUT2D eigenvalue weighted by Crippen LogP contribution is -2.26. The molecule has 2 fully saturated rings. The van der Waals surface area contributed by atoms with E-state index in [0.29, 0.717) is 36.6 Å². The second-order valence-electron chi connectivity index (χ2n) is 9.14. The van der Waals surface area contributed by atoms with Gasteiger partial charge in [0.1, 0.15) is 5.82 Å². The Hall–Kier alpha value is -2.59. The Morgan fingerprint density at radius 2 is 1.68 bits per heavy atom. The summed E-state index contributed by atoms with van der Waals surface area (Å²) >= 11 is 0. The Labute approximate surface area is 192 Å². The van der Waals surface area contributed by atoms with Gasteiger partial charge in [0.2, 0.25) is 0 Å². The maximum atomic E-state index is 13.2. The SMILES string of the molecule is Cn1c(CN2C[C@@H]3C(COCc4cc(C(F)(F)F)ccc4C(F)(F)F)[C@@H]3C2)nc2ccccc21. The van der Waals surface area contributed by atoms with Gasteiger partial charge in [0.25, 0.3) is 0 Å². The smallest absolute Gasteiger partial charge is 0.376 e. The summed E-state index contributed by atoms with van der Waals surface area (Å²) in [5, 5.41) is 0. The fourth-order valence-electron chi connectivity index (χ4n) is 5.12. The lowest BCUT2D eigenvalue weighted by atomic mass is 10.0. The van der Waals surface area contributed by atoms with Crippen LogP contribution in [0, 0.1) is 17.8 Å². The lowest BCUT2D eigenvalue weighted by molar-refractivity contribution is -0.142. The van der Waals surface area contributed by atoms with E-state index in [-0.39, 0.29) is 12.5 Å². The second-order valence-corrected chi connectivity index (χ2v) is 9.14. The number of aromatic nitrogens is 2. The molecular formula is C24H23F6N3O. The highest BCUT2D eigenvalue weighted by Crippen LogP contribution is 2.52. The standard InChI is InChI=1S/C24H23F6N3O/c1-32-21-5-3-2-4-20(21)31-22(32)11-33-9-16-17(10-33)18(16)13-34-12-14-8-15(23(25,26)27)6-7-19(14)24(28,29)30/h2-8,16-18H,9-13H2,1H3/t16-,17+,18?. The van der Waals surface area contributed by atoms with Crippen LogP contribution in [0.1, 0.15) is 22.5 Å². The number of benzene rings is 2. The minimum Gasteiger partial charge on any atom is -0.376 e. The predicted molar refractivity (Wildman–Crippen MR) is 113 cm³/mol. The van der Waals surface area contributed by atoms with Gasteiger partial charge in [-0.25, -0.2) is 4.98 Å². The van der Waals surface area contributed by atoms with Gasteiger partial charge in [0, 0.05) is 20.1 Å². The molecule has 2 heterocycles. The first kappa shape index (κ1) is 23.2. The van der Waals surface area contributed by atoms with Gasteiger partial charge in [0.05, 0.1) is 41.9 Å². The Morgan fingerprint density at radius 1 is 0.971 bits per heavy atom. The van der Waals surface area contributed by atoms with Gasteiger partial charge in [-0.1, -0.05) is 12.1 Å². The quantitative estimate of drug-likeness (QED) is 0.434.